The molecule has 0 radical (unpaired) electrons. The highest BCUT2D eigenvalue weighted by Crippen LogP contribution is 2.13. The summed E-state index contributed by atoms with van der Waals surface area (Å²) in [5.74, 6) is 0.916. The Bertz CT molecular complexity index is 320. The summed E-state index contributed by atoms with van der Waals surface area (Å²) >= 11 is 0. The van der Waals surface area contributed by atoms with Crippen LogP contribution >= 0.6 is 0 Å². The van der Waals surface area contributed by atoms with Crippen LogP contribution in [0, 0.1) is 0 Å². The van der Waals surface area contributed by atoms with Gasteiger partial charge < -0.3 is 9.84 Å². The lowest BCUT2D eigenvalue weighted by Crippen LogP contribution is -2.03. The highest BCUT2D eigenvalue weighted by atomic mass is 16.5. The predicted octanol–water partition coefficient (Wildman–Crippen LogP) is 1.58. The van der Waals surface area contributed by atoms with Crippen molar-refractivity contribution in [3.8, 4) is 5.75 Å². The van der Waals surface area contributed by atoms with Crippen LogP contribution in [0.25, 0.3) is 0 Å². The van der Waals surface area contributed by atoms with E-state index >= 15 is 0 Å². The molecular weight excluding hydrogens is 192 g/mol. The molecule has 1 rings (SSSR count). The third-order valence-corrected chi connectivity index (χ3v) is 2.15. The molecule has 1 aromatic rings. The van der Waals surface area contributed by atoms with Crippen molar-refractivity contribution in [3.05, 3.63) is 29.8 Å². The fraction of sp³-hybridized carbons (Fsp3) is 0.417. The summed E-state index contributed by atoms with van der Waals surface area (Å²) < 4.78 is 5.07. The van der Waals surface area contributed by atoms with Gasteiger partial charge in [0.15, 0.2) is 0 Å². The highest BCUT2D eigenvalue weighted by molar-refractivity contribution is 5.80. The van der Waals surface area contributed by atoms with E-state index in [2.05, 4.69) is 0 Å². The minimum absolute atomic E-state index is 0.0733. The fourth-order valence-corrected chi connectivity index (χ4v) is 1.37. The zero-order chi connectivity index (χ0) is 11.1. The van der Waals surface area contributed by atoms with Crippen LogP contribution in [0.5, 0.6) is 5.75 Å². The molecule has 0 heterocycles. The molecule has 0 saturated carbocycles. The van der Waals surface area contributed by atoms with Crippen molar-refractivity contribution < 1.29 is 14.6 Å². The molecule has 3 heteroatoms. The van der Waals surface area contributed by atoms with Crippen molar-refractivity contribution >= 4 is 5.78 Å². The van der Waals surface area contributed by atoms with E-state index in [0.717, 1.165) is 11.3 Å². The lowest BCUT2D eigenvalue weighted by molar-refractivity contribution is -0.118. The minimum atomic E-state index is 0.0733. The first-order chi connectivity index (χ1) is 7.26. The van der Waals surface area contributed by atoms with Crippen LogP contribution in [0.15, 0.2) is 24.3 Å². The number of hydrogen-bond donors (Lipinski definition) is 1. The van der Waals surface area contributed by atoms with Crippen molar-refractivity contribution in [2.45, 2.75) is 19.3 Å². The fourth-order valence-electron chi connectivity index (χ4n) is 1.37. The Morgan fingerprint density at radius 1 is 1.47 bits per heavy atom. The number of hydrogen-bond acceptors (Lipinski definition) is 3. The van der Waals surface area contributed by atoms with Gasteiger partial charge in [-0.25, -0.2) is 0 Å². The van der Waals surface area contributed by atoms with Crippen molar-refractivity contribution in [2.24, 2.45) is 0 Å². The Labute approximate surface area is 89.7 Å². The quantitative estimate of drug-likeness (QED) is 0.772. The van der Waals surface area contributed by atoms with Crippen LogP contribution in [-0.2, 0) is 11.2 Å². The Balaban J connectivity index is 2.52. The SMILES string of the molecule is COc1cccc(CC(=O)CCCO)c1. The molecule has 0 aromatic heterocycles. The summed E-state index contributed by atoms with van der Waals surface area (Å²) in [6, 6.07) is 7.48. The summed E-state index contributed by atoms with van der Waals surface area (Å²) in [7, 11) is 1.60. The second-order valence-electron chi connectivity index (χ2n) is 3.39. The number of carbonyl (C=O) groups excluding carboxylic acids is 1. The van der Waals surface area contributed by atoms with Gasteiger partial charge in [0, 0.05) is 19.4 Å². The molecular formula is C12H16O3. The van der Waals surface area contributed by atoms with Gasteiger partial charge in [0.1, 0.15) is 11.5 Å². The van der Waals surface area contributed by atoms with E-state index in [1.165, 1.54) is 0 Å². The molecule has 1 aromatic carbocycles. The molecule has 0 atom stereocenters. The Hall–Kier alpha value is -1.35. The monoisotopic (exact) mass is 208 g/mol. The number of aliphatic hydroxyl groups excluding tert-OH is 1. The summed E-state index contributed by atoms with van der Waals surface area (Å²) in [5, 5.41) is 8.59. The lowest BCUT2D eigenvalue weighted by Gasteiger charge is -2.03. The average molecular weight is 208 g/mol. The average Bonchev–Trinajstić information content (AvgIpc) is 2.26. The molecule has 3 nitrogen and oxygen atoms in total. The molecule has 0 aliphatic heterocycles. The van der Waals surface area contributed by atoms with E-state index in [4.69, 9.17) is 9.84 Å². The molecule has 15 heavy (non-hydrogen) atoms. The van der Waals surface area contributed by atoms with E-state index in [-0.39, 0.29) is 12.4 Å². The second kappa shape index (κ2) is 6.19. The summed E-state index contributed by atoms with van der Waals surface area (Å²) in [5.41, 5.74) is 0.956. The van der Waals surface area contributed by atoms with Crippen LogP contribution in [0.1, 0.15) is 18.4 Å². The molecule has 0 bridgehead atoms. The molecule has 1 N–H and O–H groups in total. The van der Waals surface area contributed by atoms with Crippen LogP contribution in [0.3, 0.4) is 0 Å². The number of Topliss-reactive ketones (excluding diaryl/α,β-unsaturated/α-hetero) is 1. The number of methoxy groups -OCH3 is 1. The Kier molecular flexibility index (Phi) is 4.84. The van der Waals surface area contributed by atoms with Gasteiger partial charge in [-0.05, 0) is 24.1 Å². The highest BCUT2D eigenvalue weighted by Gasteiger charge is 2.03. The second-order valence-corrected chi connectivity index (χ2v) is 3.39. The zero-order valence-electron chi connectivity index (χ0n) is 8.90. The van der Waals surface area contributed by atoms with Gasteiger partial charge in [0.05, 0.1) is 7.11 Å². The van der Waals surface area contributed by atoms with Gasteiger partial charge in [-0.3, -0.25) is 4.79 Å². The van der Waals surface area contributed by atoms with Crippen LogP contribution < -0.4 is 4.74 Å². The largest absolute Gasteiger partial charge is 0.497 e. The maximum absolute atomic E-state index is 11.4. The van der Waals surface area contributed by atoms with Crippen molar-refractivity contribution in [1.29, 1.82) is 0 Å². The Morgan fingerprint density at radius 3 is 2.93 bits per heavy atom. The molecule has 0 amide bonds. The maximum Gasteiger partial charge on any atom is 0.137 e. The molecule has 0 aliphatic carbocycles. The van der Waals surface area contributed by atoms with E-state index < -0.39 is 0 Å². The van der Waals surface area contributed by atoms with Crippen molar-refractivity contribution in [3.63, 3.8) is 0 Å². The Morgan fingerprint density at radius 2 is 2.27 bits per heavy atom. The third-order valence-electron chi connectivity index (χ3n) is 2.15. The summed E-state index contributed by atoms with van der Waals surface area (Å²) in [6.45, 7) is 0.0733. The number of ketones is 1. The summed E-state index contributed by atoms with van der Waals surface area (Å²) in [4.78, 5) is 11.4. The number of benzene rings is 1. The van der Waals surface area contributed by atoms with Crippen molar-refractivity contribution in [2.75, 3.05) is 13.7 Å². The molecule has 0 aliphatic rings. The van der Waals surface area contributed by atoms with E-state index in [0.29, 0.717) is 19.3 Å². The molecule has 0 fully saturated rings. The number of carbonyl (C=O) groups is 1. The van der Waals surface area contributed by atoms with Gasteiger partial charge in [0.25, 0.3) is 0 Å². The first kappa shape index (κ1) is 11.7. The minimum Gasteiger partial charge on any atom is -0.497 e. The first-order valence-electron chi connectivity index (χ1n) is 5.01. The number of ether oxygens (including phenoxy) is 1. The van der Waals surface area contributed by atoms with Gasteiger partial charge in [-0.15, -0.1) is 0 Å². The van der Waals surface area contributed by atoms with Crippen LogP contribution in [0.4, 0.5) is 0 Å². The summed E-state index contributed by atoms with van der Waals surface area (Å²) in [6.07, 6.45) is 1.40. The normalized spacial score (nSPS) is 10.0. The number of rotatable bonds is 6. The third kappa shape index (κ3) is 4.13. The van der Waals surface area contributed by atoms with Gasteiger partial charge in [0.2, 0.25) is 0 Å². The van der Waals surface area contributed by atoms with E-state index in [9.17, 15) is 4.79 Å². The van der Waals surface area contributed by atoms with Crippen LogP contribution in [0.2, 0.25) is 0 Å². The van der Waals surface area contributed by atoms with E-state index in [1.807, 2.05) is 24.3 Å². The molecule has 0 spiro atoms. The number of aliphatic hydroxyl groups is 1. The standard InChI is InChI=1S/C12H16O3/c1-15-12-6-2-4-10(9-12)8-11(14)5-3-7-13/h2,4,6,9,13H,3,5,7-8H2,1H3. The molecule has 0 saturated heterocycles. The van der Waals surface area contributed by atoms with Gasteiger partial charge in [-0.2, -0.15) is 0 Å². The van der Waals surface area contributed by atoms with E-state index in [1.54, 1.807) is 7.11 Å². The molecule has 0 unspecified atom stereocenters. The maximum atomic E-state index is 11.4. The smallest absolute Gasteiger partial charge is 0.137 e. The molecule has 82 valence electrons. The predicted molar refractivity (Wildman–Crippen MR) is 58.0 cm³/mol. The van der Waals surface area contributed by atoms with Crippen LogP contribution in [-0.4, -0.2) is 24.6 Å². The van der Waals surface area contributed by atoms with Gasteiger partial charge >= 0.3 is 0 Å². The van der Waals surface area contributed by atoms with Crippen molar-refractivity contribution in [1.82, 2.24) is 0 Å². The first-order valence-corrected chi connectivity index (χ1v) is 5.01. The zero-order valence-corrected chi connectivity index (χ0v) is 8.90. The lowest BCUT2D eigenvalue weighted by atomic mass is 10.1. The van der Waals surface area contributed by atoms with Gasteiger partial charge in [-0.1, -0.05) is 12.1 Å². The topological polar surface area (TPSA) is 46.5 Å².